The summed E-state index contributed by atoms with van der Waals surface area (Å²) in [6.07, 6.45) is 0. The summed E-state index contributed by atoms with van der Waals surface area (Å²) in [5, 5.41) is 8.91. The number of rotatable bonds is 7. The van der Waals surface area contributed by atoms with Gasteiger partial charge < -0.3 is 16.0 Å². The lowest BCUT2D eigenvalue weighted by atomic mass is 9.96. The summed E-state index contributed by atoms with van der Waals surface area (Å²) < 4.78 is 0. The Morgan fingerprint density at radius 1 is 0.962 bits per heavy atom. The lowest BCUT2D eigenvalue weighted by Crippen LogP contribution is -2.43. The van der Waals surface area contributed by atoms with Gasteiger partial charge in [0.05, 0.1) is 12.6 Å². The van der Waals surface area contributed by atoms with Crippen LogP contribution in [0.1, 0.15) is 31.0 Å². The smallest absolute Gasteiger partial charge is 0.315 e. The van der Waals surface area contributed by atoms with Crippen molar-refractivity contribution in [2.45, 2.75) is 26.4 Å². The van der Waals surface area contributed by atoms with Crippen LogP contribution in [0.2, 0.25) is 5.02 Å². The van der Waals surface area contributed by atoms with Crippen molar-refractivity contribution >= 4 is 23.5 Å². The molecule has 0 aromatic heterocycles. The van der Waals surface area contributed by atoms with Gasteiger partial charge in [-0.3, -0.25) is 4.79 Å². The Bertz CT molecular complexity index is 718. The number of urea groups is 1. The first-order chi connectivity index (χ1) is 12.5. The van der Waals surface area contributed by atoms with E-state index in [2.05, 4.69) is 16.0 Å². The zero-order chi connectivity index (χ0) is 18.9. The molecule has 2 rings (SSSR count). The van der Waals surface area contributed by atoms with Gasteiger partial charge >= 0.3 is 6.03 Å². The van der Waals surface area contributed by atoms with Gasteiger partial charge in [-0.1, -0.05) is 67.9 Å². The normalized spacial score (nSPS) is 11.7. The maximum atomic E-state index is 12.2. The third-order valence-electron chi connectivity index (χ3n) is 3.92. The second kappa shape index (κ2) is 9.82. The summed E-state index contributed by atoms with van der Waals surface area (Å²) in [7, 11) is 0. The number of hydrogen-bond acceptors (Lipinski definition) is 2. The molecule has 6 heteroatoms. The quantitative estimate of drug-likeness (QED) is 0.693. The van der Waals surface area contributed by atoms with E-state index in [1.165, 1.54) is 0 Å². The fourth-order valence-corrected chi connectivity index (χ4v) is 2.66. The lowest BCUT2D eigenvalue weighted by Gasteiger charge is -2.23. The average molecular weight is 374 g/mol. The van der Waals surface area contributed by atoms with Crippen molar-refractivity contribution in [1.82, 2.24) is 16.0 Å². The number of carbonyl (C=O) groups excluding carboxylic acids is 2. The third-order valence-corrected chi connectivity index (χ3v) is 4.17. The molecule has 0 aliphatic carbocycles. The standard InChI is InChI=1S/C20H24ClN3O2/c1-14(2)19(16-8-10-17(21)11-9-16)24-18(25)13-23-20(26)22-12-15-6-4-3-5-7-15/h3-11,14,19H,12-13H2,1-2H3,(H,24,25)(H2,22,23,26). The topological polar surface area (TPSA) is 70.2 Å². The van der Waals surface area contributed by atoms with Crippen LogP contribution in [-0.4, -0.2) is 18.5 Å². The van der Waals surface area contributed by atoms with Crippen LogP contribution in [0.3, 0.4) is 0 Å². The van der Waals surface area contributed by atoms with Gasteiger partial charge in [-0.25, -0.2) is 4.79 Å². The van der Waals surface area contributed by atoms with Gasteiger partial charge in [0, 0.05) is 11.6 Å². The van der Waals surface area contributed by atoms with Crippen LogP contribution in [0.15, 0.2) is 54.6 Å². The maximum absolute atomic E-state index is 12.2. The van der Waals surface area contributed by atoms with Crippen LogP contribution in [-0.2, 0) is 11.3 Å². The zero-order valence-electron chi connectivity index (χ0n) is 15.0. The Kier molecular flexibility index (Phi) is 7.48. The van der Waals surface area contributed by atoms with Crippen molar-refractivity contribution in [3.8, 4) is 0 Å². The van der Waals surface area contributed by atoms with E-state index in [1.807, 2.05) is 56.3 Å². The van der Waals surface area contributed by atoms with Gasteiger partial charge in [0.2, 0.25) is 5.91 Å². The Morgan fingerprint density at radius 3 is 2.23 bits per heavy atom. The fourth-order valence-electron chi connectivity index (χ4n) is 2.53. The van der Waals surface area contributed by atoms with Crippen molar-refractivity contribution in [2.75, 3.05) is 6.54 Å². The minimum atomic E-state index is -0.378. The molecule has 0 fully saturated rings. The number of hydrogen-bond donors (Lipinski definition) is 3. The molecule has 1 unspecified atom stereocenters. The predicted octanol–water partition coefficient (Wildman–Crippen LogP) is 3.65. The SMILES string of the molecule is CC(C)C(NC(=O)CNC(=O)NCc1ccccc1)c1ccc(Cl)cc1. The Balaban J connectivity index is 1.80. The van der Waals surface area contributed by atoms with Crippen LogP contribution >= 0.6 is 11.6 Å². The molecule has 0 radical (unpaired) electrons. The zero-order valence-corrected chi connectivity index (χ0v) is 15.7. The van der Waals surface area contributed by atoms with E-state index in [0.29, 0.717) is 11.6 Å². The summed E-state index contributed by atoms with van der Waals surface area (Å²) in [6, 6.07) is 16.4. The largest absolute Gasteiger partial charge is 0.348 e. The maximum Gasteiger partial charge on any atom is 0.315 e. The van der Waals surface area contributed by atoms with Crippen molar-refractivity contribution in [2.24, 2.45) is 5.92 Å². The van der Waals surface area contributed by atoms with Crippen molar-refractivity contribution in [3.63, 3.8) is 0 Å². The summed E-state index contributed by atoms with van der Waals surface area (Å²) in [5.41, 5.74) is 1.97. The van der Waals surface area contributed by atoms with E-state index in [4.69, 9.17) is 11.6 Å². The van der Waals surface area contributed by atoms with E-state index in [9.17, 15) is 9.59 Å². The Labute approximate surface area is 159 Å². The summed E-state index contributed by atoms with van der Waals surface area (Å²) in [5.74, 6) is -0.0412. The number of benzene rings is 2. The summed E-state index contributed by atoms with van der Waals surface area (Å²) >= 11 is 5.92. The van der Waals surface area contributed by atoms with E-state index in [0.717, 1.165) is 11.1 Å². The Morgan fingerprint density at radius 2 is 1.62 bits per heavy atom. The number of amides is 3. The molecule has 138 valence electrons. The molecule has 1 atom stereocenters. The fraction of sp³-hybridized carbons (Fsp3) is 0.300. The highest BCUT2D eigenvalue weighted by Gasteiger charge is 2.18. The van der Waals surface area contributed by atoms with E-state index in [1.54, 1.807) is 12.1 Å². The molecule has 0 saturated carbocycles. The first kappa shape index (κ1) is 19.8. The van der Waals surface area contributed by atoms with Gasteiger partial charge in [0.15, 0.2) is 0 Å². The third kappa shape index (κ3) is 6.41. The highest BCUT2D eigenvalue weighted by molar-refractivity contribution is 6.30. The molecule has 0 bridgehead atoms. The molecule has 0 spiro atoms. The molecule has 2 aromatic rings. The molecule has 0 heterocycles. The second-order valence-electron chi connectivity index (χ2n) is 6.36. The second-order valence-corrected chi connectivity index (χ2v) is 6.80. The van der Waals surface area contributed by atoms with Gasteiger partial charge in [-0.15, -0.1) is 0 Å². The van der Waals surface area contributed by atoms with Crippen LogP contribution in [0, 0.1) is 5.92 Å². The number of halogens is 1. The average Bonchev–Trinajstić information content (AvgIpc) is 2.64. The molecule has 26 heavy (non-hydrogen) atoms. The number of carbonyl (C=O) groups is 2. The predicted molar refractivity (Wildman–Crippen MR) is 104 cm³/mol. The molecule has 0 aliphatic heterocycles. The van der Waals surface area contributed by atoms with Crippen LogP contribution in [0.25, 0.3) is 0 Å². The summed E-state index contributed by atoms with van der Waals surface area (Å²) in [6.45, 7) is 4.38. The van der Waals surface area contributed by atoms with E-state index >= 15 is 0 Å². The minimum Gasteiger partial charge on any atom is -0.348 e. The van der Waals surface area contributed by atoms with Crippen LogP contribution < -0.4 is 16.0 Å². The molecule has 0 saturated heterocycles. The van der Waals surface area contributed by atoms with Crippen molar-refractivity contribution in [3.05, 3.63) is 70.7 Å². The van der Waals surface area contributed by atoms with Gasteiger partial charge in [-0.2, -0.15) is 0 Å². The Hall–Kier alpha value is -2.53. The van der Waals surface area contributed by atoms with E-state index in [-0.39, 0.29) is 30.4 Å². The highest BCUT2D eigenvalue weighted by Crippen LogP contribution is 2.23. The molecule has 0 aliphatic rings. The minimum absolute atomic E-state index is 0.0859. The first-order valence-corrected chi connectivity index (χ1v) is 8.94. The molecule has 2 aromatic carbocycles. The van der Waals surface area contributed by atoms with Gasteiger partial charge in [0.25, 0.3) is 0 Å². The molecular formula is C20H24ClN3O2. The monoisotopic (exact) mass is 373 g/mol. The van der Waals surface area contributed by atoms with Crippen molar-refractivity contribution < 1.29 is 9.59 Å². The number of nitrogens with one attached hydrogen (secondary N) is 3. The molecular weight excluding hydrogens is 350 g/mol. The van der Waals surface area contributed by atoms with Gasteiger partial charge in [0.1, 0.15) is 0 Å². The van der Waals surface area contributed by atoms with E-state index < -0.39 is 0 Å². The first-order valence-electron chi connectivity index (χ1n) is 8.56. The molecule has 5 nitrogen and oxygen atoms in total. The van der Waals surface area contributed by atoms with Crippen LogP contribution in [0.4, 0.5) is 4.79 Å². The molecule has 3 amide bonds. The highest BCUT2D eigenvalue weighted by atomic mass is 35.5. The molecule has 3 N–H and O–H groups in total. The van der Waals surface area contributed by atoms with Crippen LogP contribution in [0.5, 0.6) is 0 Å². The van der Waals surface area contributed by atoms with Gasteiger partial charge in [-0.05, 0) is 29.2 Å². The summed E-state index contributed by atoms with van der Waals surface area (Å²) in [4.78, 5) is 24.0. The van der Waals surface area contributed by atoms with Crippen molar-refractivity contribution in [1.29, 1.82) is 0 Å². The lowest BCUT2D eigenvalue weighted by molar-refractivity contribution is -0.121.